The first-order chi connectivity index (χ1) is 8.72. The zero-order chi connectivity index (χ0) is 12.7. The van der Waals surface area contributed by atoms with Crippen LogP contribution in [-0.4, -0.2) is 7.11 Å². The van der Waals surface area contributed by atoms with E-state index in [1.165, 1.54) is 5.56 Å². The molecule has 0 unspecified atom stereocenters. The van der Waals surface area contributed by atoms with Gasteiger partial charge in [0.05, 0.1) is 18.8 Å². The number of ether oxygens (including phenoxy) is 1. The monoisotopic (exact) mass is 240 g/mol. The lowest BCUT2D eigenvalue weighted by molar-refractivity contribution is 0.422. The van der Waals surface area contributed by atoms with Gasteiger partial charge in [-0.25, -0.2) is 0 Å². The van der Waals surface area contributed by atoms with Crippen LogP contribution in [0.3, 0.4) is 0 Å². The van der Waals surface area contributed by atoms with E-state index in [-0.39, 0.29) is 0 Å². The molecule has 1 aromatic rings. The van der Waals surface area contributed by atoms with Gasteiger partial charge in [-0.3, -0.25) is 0 Å². The Labute approximate surface area is 107 Å². The summed E-state index contributed by atoms with van der Waals surface area (Å²) in [5.74, 6) is 1.42. The predicted octanol–water partition coefficient (Wildman–Crippen LogP) is 4.67. The standard InChI is InChI=1S/C16H16O2/c1-10(2)11-4-6-12-13(7-5-11)16-14(8-9-18-16)15(12)17-3/h4-10H,1-3H3. The fourth-order valence-electron chi connectivity index (χ4n) is 2.44. The lowest BCUT2D eigenvalue weighted by atomic mass is 10.1. The van der Waals surface area contributed by atoms with Gasteiger partial charge < -0.3 is 9.15 Å². The van der Waals surface area contributed by atoms with Crippen LogP contribution in [0.5, 0.6) is 5.75 Å². The average Bonchev–Trinajstić information content (AvgIpc) is 2.83. The van der Waals surface area contributed by atoms with Gasteiger partial charge in [0.15, 0.2) is 0 Å². The molecule has 1 heterocycles. The van der Waals surface area contributed by atoms with E-state index in [4.69, 9.17) is 9.15 Å². The van der Waals surface area contributed by atoms with Crippen molar-refractivity contribution in [2.75, 3.05) is 7.11 Å². The van der Waals surface area contributed by atoms with E-state index in [1.54, 1.807) is 13.4 Å². The number of furan rings is 1. The summed E-state index contributed by atoms with van der Waals surface area (Å²) in [6.45, 7) is 4.39. The molecule has 2 aliphatic rings. The molecule has 0 amide bonds. The summed E-state index contributed by atoms with van der Waals surface area (Å²) < 4.78 is 11.1. The topological polar surface area (TPSA) is 22.4 Å². The molecule has 0 saturated carbocycles. The van der Waals surface area contributed by atoms with Crippen LogP contribution in [0.4, 0.5) is 0 Å². The van der Waals surface area contributed by atoms with Gasteiger partial charge in [0.1, 0.15) is 11.3 Å². The van der Waals surface area contributed by atoms with E-state index in [0.717, 1.165) is 27.8 Å². The fourth-order valence-corrected chi connectivity index (χ4v) is 2.44. The van der Waals surface area contributed by atoms with Crippen LogP contribution in [0, 0.1) is 0 Å². The molecule has 18 heavy (non-hydrogen) atoms. The molecule has 2 heteroatoms. The summed E-state index contributed by atoms with van der Waals surface area (Å²) in [7, 11) is 1.71. The van der Waals surface area contributed by atoms with Crippen LogP contribution < -0.4 is 4.74 Å². The Balaban J connectivity index is 2.36. The summed E-state index contributed by atoms with van der Waals surface area (Å²) in [5.41, 5.74) is 4.44. The maximum atomic E-state index is 5.58. The summed E-state index contributed by atoms with van der Waals surface area (Å²) in [4.78, 5) is 0. The van der Waals surface area contributed by atoms with Crippen LogP contribution in [0.2, 0.25) is 0 Å². The van der Waals surface area contributed by atoms with Crippen molar-refractivity contribution in [2.24, 2.45) is 0 Å². The molecule has 2 nitrogen and oxygen atoms in total. The summed E-state index contributed by atoms with van der Waals surface area (Å²) in [5, 5.41) is 1.05. The highest BCUT2D eigenvalue weighted by Crippen LogP contribution is 2.44. The Bertz CT molecular complexity index is 664. The van der Waals surface area contributed by atoms with Crippen molar-refractivity contribution in [1.82, 2.24) is 0 Å². The van der Waals surface area contributed by atoms with Crippen molar-refractivity contribution in [3.63, 3.8) is 0 Å². The number of rotatable bonds is 2. The number of fused-ring (bicyclic) bond motifs is 3. The van der Waals surface area contributed by atoms with Crippen molar-refractivity contribution in [2.45, 2.75) is 19.8 Å². The molecular formula is C16H16O2. The molecule has 0 aliphatic heterocycles. The highest BCUT2D eigenvalue weighted by molar-refractivity contribution is 6.05. The molecular weight excluding hydrogens is 224 g/mol. The van der Waals surface area contributed by atoms with E-state index in [0.29, 0.717) is 5.92 Å². The zero-order valence-corrected chi connectivity index (χ0v) is 10.9. The Kier molecular flexibility index (Phi) is 2.51. The fraction of sp³-hybridized carbons (Fsp3) is 0.250. The first-order valence-electron chi connectivity index (χ1n) is 6.19. The van der Waals surface area contributed by atoms with Gasteiger partial charge in [0, 0.05) is 11.1 Å². The smallest absolute Gasteiger partial charge is 0.145 e. The first kappa shape index (κ1) is 11.1. The Morgan fingerprint density at radius 3 is 2.39 bits per heavy atom. The molecule has 0 saturated heterocycles. The second-order valence-corrected chi connectivity index (χ2v) is 4.85. The van der Waals surface area contributed by atoms with Gasteiger partial charge >= 0.3 is 0 Å². The van der Waals surface area contributed by atoms with Crippen molar-refractivity contribution in [3.05, 3.63) is 42.2 Å². The molecule has 0 spiro atoms. The summed E-state index contributed by atoms with van der Waals surface area (Å²) in [6.07, 6.45) is 1.71. The Morgan fingerprint density at radius 1 is 1.00 bits per heavy atom. The van der Waals surface area contributed by atoms with Crippen LogP contribution in [-0.2, 0) is 0 Å². The molecule has 0 fully saturated rings. The zero-order valence-electron chi connectivity index (χ0n) is 10.9. The van der Waals surface area contributed by atoms with Crippen LogP contribution in [0.25, 0.3) is 22.1 Å². The van der Waals surface area contributed by atoms with Crippen LogP contribution >= 0.6 is 0 Å². The average molecular weight is 240 g/mol. The van der Waals surface area contributed by atoms with Gasteiger partial charge in [0.25, 0.3) is 0 Å². The third kappa shape index (κ3) is 1.49. The molecule has 92 valence electrons. The van der Waals surface area contributed by atoms with Crippen molar-refractivity contribution in [1.29, 1.82) is 0 Å². The van der Waals surface area contributed by atoms with Gasteiger partial charge in [-0.05, 0) is 17.5 Å². The van der Waals surface area contributed by atoms with E-state index in [9.17, 15) is 0 Å². The Hall–Kier alpha value is -1.96. The van der Waals surface area contributed by atoms with Crippen molar-refractivity contribution < 1.29 is 9.15 Å². The van der Waals surface area contributed by atoms with Gasteiger partial charge in [-0.15, -0.1) is 0 Å². The molecule has 0 bridgehead atoms. The number of hydrogen-bond acceptors (Lipinski definition) is 2. The third-order valence-electron chi connectivity index (χ3n) is 3.44. The molecule has 0 atom stereocenters. The predicted molar refractivity (Wildman–Crippen MR) is 73.5 cm³/mol. The summed E-state index contributed by atoms with van der Waals surface area (Å²) >= 11 is 0. The normalized spacial score (nSPS) is 11.6. The SMILES string of the molecule is COc1c2ccc(C(C)C)ccc-2c2occc12. The largest absolute Gasteiger partial charge is 0.495 e. The minimum atomic E-state index is 0.514. The Morgan fingerprint density at radius 2 is 1.72 bits per heavy atom. The van der Waals surface area contributed by atoms with Crippen molar-refractivity contribution in [3.8, 4) is 16.9 Å². The van der Waals surface area contributed by atoms with E-state index < -0.39 is 0 Å². The van der Waals surface area contributed by atoms with Gasteiger partial charge in [-0.1, -0.05) is 38.1 Å². The van der Waals surface area contributed by atoms with E-state index >= 15 is 0 Å². The number of hydrogen-bond donors (Lipinski definition) is 0. The molecule has 0 radical (unpaired) electrons. The second kappa shape index (κ2) is 4.05. The second-order valence-electron chi connectivity index (χ2n) is 4.85. The quantitative estimate of drug-likeness (QED) is 0.649. The van der Waals surface area contributed by atoms with Gasteiger partial charge in [-0.2, -0.15) is 0 Å². The first-order valence-corrected chi connectivity index (χ1v) is 6.19. The highest BCUT2D eigenvalue weighted by atomic mass is 16.5. The van der Waals surface area contributed by atoms with Crippen molar-refractivity contribution >= 4 is 11.0 Å². The minimum absolute atomic E-state index is 0.514. The number of methoxy groups -OCH3 is 1. The molecule has 2 aliphatic carbocycles. The molecule has 1 aromatic heterocycles. The maximum absolute atomic E-state index is 5.58. The molecule has 0 N–H and O–H groups in total. The summed E-state index contributed by atoms with van der Waals surface area (Å²) in [6, 6.07) is 10.5. The highest BCUT2D eigenvalue weighted by Gasteiger charge is 2.19. The molecule has 3 rings (SSSR count). The van der Waals surface area contributed by atoms with E-state index in [2.05, 4.69) is 38.1 Å². The third-order valence-corrected chi connectivity index (χ3v) is 3.44. The maximum Gasteiger partial charge on any atom is 0.145 e. The van der Waals surface area contributed by atoms with E-state index in [1.807, 2.05) is 6.07 Å². The van der Waals surface area contributed by atoms with Crippen LogP contribution in [0.1, 0.15) is 25.3 Å². The lowest BCUT2D eigenvalue weighted by Gasteiger charge is -2.00. The van der Waals surface area contributed by atoms with Crippen LogP contribution in [0.15, 0.2) is 41.0 Å². The minimum Gasteiger partial charge on any atom is -0.495 e. The lowest BCUT2D eigenvalue weighted by Crippen LogP contribution is -1.82. The molecule has 0 aromatic carbocycles. The van der Waals surface area contributed by atoms with Gasteiger partial charge in [0.2, 0.25) is 0 Å².